The number of rotatable bonds is 5. The molecule has 0 spiro atoms. The lowest BCUT2D eigenvalue weighted by atomic mass is 10.1. The fourth-order valence-electron chi connectivity index (χ4n) is 3.05. The Morgan fingerprint density at radius 1 is 0.926 bits per heavy atom. The number of fused-ring (bicyclic) bond motifs is 1. The summed E-state index contributed by atoms with van der Waals surface area (Å²) in [5, 5.41) is 1.76. The fraction of sp³-hybridized carbons (Fsp3) is 0.190. The summed E-state index contributed by atoms with van der Waals surface area (Å²) >= 11 is 0. The summed E-state index contributed by atoms with van der Waals surface area (Å²) in [7, 11) is -2.71. The second-order valence-corrected chi connectivity index (χ2v) is 8.30. The highest BCUT2D eigenvalue weighted by Crippen LogP contribution is 2.28. The predicted molar refractivity (Wildman–Crippen MR) is 106 cm³/mol. The average Bonchev–Trinajstić information content (AvgIpc) is 2.64. The van der Waals surface area contributed by atoms with E-state index in [2.05, 4.69) is 0 Å². The highest BCUT2D eigenvalue weighted by molar-refractivity contribution is 7.92. The molecule has 0 radical (unpaired) electrons. The number of esters is 1. The molecule has 0 aromatic heterocycles. The molecule has 0 saturated carbocycles. The first-order valence-electron chi connectivity index (χ1n) is 8.48. The molecule has 0 heterocycles. The molecule has 27 heavy (non-hydrogen) atoms. The summed E-state index contributed by atoms with van der Waals surface area (Å²) in [6, 6.07) is 17.9. The number of anilines is 1. The first kappa shape index (κ1) is 18.9. The predicted octanol–water partition coefficient (Wildman–Crippen LogP) is 3.82. The highest BCUT2D eigenvalue weighted by Gasteiger charge is 2.28. The smallest absolute Gasteiger partial charge is 0.326 e. The molecule has 0 amide bonds. The van der Waals surface area contributed by atoms with Crippen LogP contribution in [0.2, 0.25) is 0 Å². The van der Waals surface area contributed by atoms with Crippen molar-refractivity contribution in [2.75, 3.05) is 18.0 Å². The van der Waals surface area contributed by atoms with E-state index < -0.39 is 22.5 Å². The molecule has 140 valence electrons. The minimum atomic E-state index is -3.95. The first-order chi connectivity index (χ1) is 12.8. The summed E-state index contributed by atoms with van der Waals surface area (Å²) in [4.78, 5) is 12.1. The molecule has 5 nitrogen and oxygen atoms in total. The maximum Gasteiger partial charge on any atom is 0.326 e. The number of sulfonamides is 1. The number of hydrogen-bond donors (Lipinski definition) is 0. The monoisotopic (exact) mass is 383 g/mol. The molecule has 3 rings (SSSR count). The highest BCUT2D eigenvalue weighted by atomic mass is 32.2. The summed E-state index contributed by atoms with van der Waals surface area (Å²) in [6.45, 7) is 3.37. The Labute approximate surface area is 159 Å². The van der Waals surface area contributed by atoms with Crippen molar-refractivity contribution in [2.45, 2.75) is 18.7 Å². The topological polar surface area (TPSA) is 63.7 Å². The van der Waals surface area contributed by atoms with Crippen LogP contribution >= 0.6 is 0 Å². The Hall–Kier alpha value is -2.86. The summed E-state index contributed by atoms with van der Waals surface area (Å²) in [5.74, 6) is -0.626. The van der Waals surface area contributed by atoms with Gasteiger partial charge in [-0.25, -0.2) is 8.42 Å². The SMILES string of the molecule is COC(=O)CN(c1cc(C)cc(C)c1)S(=O)(=O)c1ccc2ccccc2c1. The van der Waals surface area contributed by atoms with Gasteiger partial charge in [-0.3, -0.25) is 9.10 Å². The van der Waals surface area contributed by atoms with E-state index in [0.29, 0.717) is 5.69 Å². The van der Waals surface area contributed by atoms with Gasteiger partial charge in [0.05, 0.1) is 17.7 Å². The minimum absolute atomic E-state index is 0.129. The van der Waals surface area contributed by atoms with Crippen LogP contribution in [0, 0.1) is 13.8 Å². The van der Waals surface area contributed by atoms with Crippen LogP contribution in [-0.4, -0.2) is 28.0 Å². The Bertz CT molecular complexity index is 1090. The maximum atomic E-state index is 13.4. The Balaban J connectivity index is 2.14. The Morgan fingerprint density at radius 3 is 2.19 bits per heavy atom. The molecule has 6 heteroatoms. The van der Waals surface area contributed by atoms with Crippen LogP contribution in [0.3, 0.4) is 0 Å². The van der Waals surface area contributed by atoms with Crippen molar-refractivity contribution in [2.24, 2.45) is 0 Å². The van der Waals surface area contributed by atoms with Crippen LogP contribution in [0.1, 0.15) is 11.1 Å². The zero-order chi connectivity index (χ0) is 19.6. The first-order valence-corrected chi connectivity index (χ1v) is 9.92. The van der Waals surface area contributed by atoms with Crippen LogP contribution in [0.25, 0.3) is 10.8 Å². The quantitative estimate of drug-likeness (QED) is 0.628. The van der Waals surface area contributed by atoms with Gasteiger partial charge in [0.1, 0.15) is 6.54 Å². The van der Waals surface area contributed by atoms with Crippen molar-refractivity contribution in [1.82, 2.24) is 0 Å². The van der Waals surface area contributed by atoms with Gasteiger partial charge >= 0.3 is 5.97 Å². The molecule has 0 atom stereocenters. The lowest BCUT2D eigenvalue weighted by Gasteiger charge is -2.24. The van der Waals surface area contributed by atoms with E-state index in [-0.39, 0.29) is 4.90 Å². The van der Waals surface area contributed by atoms with Crippen molar-refractivity contribution >= 4 is 32.5 Å². The fourth-order valence-corrected chi connectivity index (χ4v) is 4.48. The van der Waals surface area contributed by atoms with E-state index in [4.69, 9.17) is 4.74 Å². The van der Waals surface area contributed by atoms with E-state index in [0.717, 1.165) is 26.2 Å². The summed E-state index contributed by atoms with van der Waals surface area (Å²) in [5.41, 5.74) is 2.26. The number of ether oxygens (including phenoxy) is 1. The molecule has 0 aliphatic rings. The molecular formula is C21H21NO4S. The van der Waals surface area contributed by atoms with Gasteiger partial charge in [-0.15, -0.1) is 0 Å². The number of benzene rings is 3. The normalized spacial score (nSPS) is 11.4. The van der Waals surface area contributed by atoms with Gasteiger partial charge in [0, 0.05) is 0 Å². The van der Waals surface area contributed by atoms with Gasteiger partial charge in [-0.05, 0) is 60.0 Å². The van der Waals surface area contributed by atoms with E-state index in [1.165, 1.54) is 7.11 Å². The number of aryl methyl sites for hydroxylation is 2. The number of hydrogen-bond acceptors (Lipinski definition) is 4. The molecule has 3 aromatic carbocycles. The van der Waals surface area contributed by atoms with Crippen molar-refractivity contribution in [1.29, 1.82) is 0 Å². The average molecular weight is 383 g/mol. The number of methoxy groups -OCH3 is 1. The second-order valence-electron chi connectivity index (χ2n) is 6.44. The number of carbonyl (C=O) groups is 1. The van der Waals surface area contributed by atoms with E-state index in [9.17, 15) is 13.2 Å². The molecule has 0 N–H and O–H groups in total. The van der Waals surface area contributed by atoms with Crippen molar-refractivity contribution in [3.05, 3.63) is 71.8 Å². The molecule has 0 aliphatic heterocycles. The zero-order valence-corrected chi connectivity index (χ0v) is 16.3. The van der Waals surface area contributed by atoms with Gasteiger partial charge < -0.3 is 4.74 Å². The van der Waals surface area contributed by atoms with E-state index in [1.54, 1.807) is 30.3 Å². The standard InChI is InChI=1S/C21H21NO4S/c1-15-10-16(2)12-19(11-15)22(14-21(23)26-3)27(24,25)20-9-8-17-6-4-5-7-18(17)13-20/h4-13H,14H2,1-3H3. The molecule has 0 aliphatic carbocycles. The largest absolute Gasteiger partial charge is 0.468 e. The Kier molecular flexibility index (Phi) is 5.19. The maximum absolute atomic E-state index is 13.4. The third-order valence-electron chi connectivity index (χ3n) is 4.30. The van der Waals surface area contributed by atoms with Crippen LogP contribution in [0.15, 0.2) is 65.6 Å². The third kappa shape index (κ3) is 3.95. The molecule has 0 bridgehead atoms. The van der Waals surface area contributed by atoms with Crippen LogP contribution in [0.4, 0.5) is 5.69 Å². The summed E-state index contributed by atoms with van der Waals surface area (Å²) in [6.07, 6.45) is 0. The molecule has 0 unspecified atom stereocenters. The van der Waals surface area contributed by atoms with Gasteiger partial charge in [0.15, 0.2) is 0 Å². The molecular weight excluding hydrogens is 362 g/mol. The van der Waals surface area contributed by atoms with Crippen LogP contribution < -0.4 is 4.31 Å². The number of nitrogens with zero attached hydrogens (tertiary/aromatic N) is 1. The lowest BCUT2D eigenvalue weighted by Crippen LogP contribution is -2.36. The molecule has 0 fully saturated rings. The third-order valence-corrected chi connectivity index (χ3v) is 6.07. The van der Waals surface area contributed by atoms with Crippen molar-refractivity contribution < 1.29 is 17.9 Å². The van der Waals surface area contributed by atoms with Crippen molar-refractivity contribution in [3.63, 3.8) is 0 Å². The van der Waals surface area contributed by atoms with E-state index >= 15 is 0 Å². The second kappa shape index (κ2) is 7.40. The van der Waals surface area contributed by atoms with Crippen LogP contribution in [0.5, 0.6) is 0 Å². The lowest BCUT2D eigenvalue weighted by molar-refractivity contribution is -0.138. The zero-order valence-electron chi connectivity index (χ0n) is 15.5. The van der Waals surface area contributed by atoms with Gasteiger partial charge in [-0.2, -0.15) is 0 Å². The Morgan fingerprint density at radius 2 is 1.56 bits per heavy atom. The molecule has 3 aromatic rings. The summed E-state index contributed by atoms with van der Waals surface area (Å²) < 4.78 is 32.6. The van der Waals surface area contributed by atoms with Gasteiger partial charge in [-0.1, -0.05) is 36.4 Å². The van der Waals surface area contributed by atoms with Gasteiger partial charge in [0.2, 0.25) is 0 Å². The molecule has 0 saturated heterocycles. The number of carbonyl (C=O) groups excluding carboxylic acids is 1. The van der Waals surface area contributed by atoms with Gasteiger partial charge in [0.25, 0.3) is 10.0 Å². The minimum Gasteiger partial charge on any atom is -0.468 e. The van der Waals surface area contributed by atoms with Crippen molar-refractivity contribution in [3.8, 4) is 0 Å². The van der Waals surface area contributed by atoms with E-state index in [1.807, 2.05) is 44.2 Å². The van der Waals surface area contributed by atoms with Crippen LogP contribution in [-0.2, 0) is 19.6 Å².